The summed E-state index contributed by atoms with van der Waals surface area (Å²) in [5, 5.41) is 13.0. The van der Waals surface area contributed by atoms with E-state index in [4.69, 9.17) is 15.2 Å². The van der Waals surface area contributed by atoms with Crippen LogP contribution in [0, 0.1) is 11.8 Å². The van der Waals surface area contributed by atoms with Gasteiger partial charge < -0.3 is 34.9 Å². The van der Waals surface area contributed by atoms with Crippen LogP contribution < -0.4 is 25.8 Å². The summed E-state index contributed by atoms with van der Waals surface area (Å²) in [6.45, 7) is 2.45. The van der Waals surface area contributed by atoms with E-state index in [0.29, 0.717) is 19.4 Å². The average molecular weight is 646 g/mol. The topological polar surface area (TPSA) is 189 Å². The number of nitrogens with one attached hydrogen (secondary N) is 2. The highest BCUT2D eigenvalue weighted by atomic mass is 16.5. The lowest BCUT2D eigenvalue weighted by atomic mass is 10.0. The molecule has 4 N–H and O–H groups in total. The molecular weight excluding hydrogens is 594 g/mol. The molecule has 2 aromatic heterocycles. The van der Waals surface area contributed by atoms with Crippen molar-refractivity contribution in [3.8, 4) is 11.8 Å². The number of amides is 2. The van der Waals surface area contributed by atoms with Crippen LogP contribution in [0.4, 0.5) is 0 Å². The average Bonchev–Trinajstić information content (AvgIpc) is 3.90. The van der Waals surface area contributed by atoms with E-state index < -0.39 is 12.1 Å². The maximum Gasteiger partial charge on any atom is 0.254 e. The maximum absolute atomic E-state index is 12.4. The molecule has 0 unspecified atom stereocenters. The van der Waals surface area contributed by atoms with Crippen molar-refractivity contribution in [2.45, 2.75) is 115 Å². The lowest BCUT2D eigenvalue weighted by molar-refractivity contribution is -0.131. The van der Waals surface area contributed by atoms with Crippen molar-refractivity contribution in [2.75, 3.05) is 19.8 Å². The number of carbonyl (C=O) groups is 4. The molecule has 0 aliphatic heterocycles. The van der Waals surface area contributed by atoms with E-state index in [1.807, 2.05) is 0 Å². The molecule has 13 nitrogen and oxygen atoms in total. The molecule has 256 valence electrons. The van der Waals surface area contributed by atoms with Crippen molar-refractivity contribution in [1.82, 2.24) is 20.9 Å². The van der Waals surface area contributed by atoms with Crippen LogP contribution in [0.15, 0.2) is 33.7 Å². The third-order valence-corrected chi connectivity index (χ3v) is 8.46. The normalized spacial score (nSPS) is 16.2. The number of hydrogen-bond donors (Lipinski definition) is 3. The van der Waals surface area contributed by atoms with Crippen molar-refractivity contribution < 1.29 is 37.7 Å². The number of ether oxygens (including phenoxy) is 2. The van der Waals surface area contributed by atoms with Crippen LogP contribution in [0.5, 0.6) is 11.8 Å². The molecule has 13 heteroatoms. The molecule has 0 saturated heterocycles. The first-order valence-electron chi connectivity index (χ1n) is 16.8. The first-order chi connectivity index (χ1) is 22.4. The highest BCUT2D eigenvalue weighted by Crippen LogP contribution is 2.26. The summed E-state index contributed by atoms with van der Waals surface area (Å²) in [7, 11) is 0. The summed E-state index contributed by atoms with van der Waals surface area (Å²) in [6.07, 6.45) is 16.7. The largest absolute Gasteiger partial charge is 0.467 e. The molecule has 0 spiro atoms. The van der Waals surface area contributed by atoms with Crippen molar-refractivity contribution >= 4 is 23.4 Å². The smallest absolute Gasteiger partial charge is 0.254 e. The van der Waals surface area contributed by atoms with Crippen LogP contribution in [0.1, 0.15) is 103 Å². The highest BCUT2D eigenvalue weighted by Gasteiger charge is 2.29. The van der Waals surface area contributed by atoms with Crippen LogP contribution >= 0.6 is 0 Å². The Morgan fingerprint density at radius 1 is 0.761 bits per heavy atom. The Labute approximate surface area is 271 Å². The van der Waals surface area contributed by atoms with E-state index in [0.717, 1.165) is 83.5 Å². The Morgan fingerprint density at radius 3 is 1.57 bits per heavy atom. The molecule has 0 bridgehead atoms. The number of carbonyl (C=O) groups excluding carboxylic acids is 4. The predicted octanol–water partition coefficient (Wildman–Crippen LogP) is 4.30. The van der Waals surface area contributed by atoms with Gasteiger partial charge in [0, 0.05) is 24.0 Å². The van der Waals surface area contributed by atoms with Gasteiger partial charge in [-0.1, -0.05) is 51.9 Å². The van der Waals surface area contributed by atoms with Crippen LogP contribution in [0.3, 0.4) is 0 Å². The fourth-order valence-electron chi connectivity index (χ4n) is 5.72. The summed E-state index contributed by atoms with van der Waals surface area (Å²) in [5.41, 5.74) is 5.50. The van der Waals surface area contributed by atoms with Gasteiger partial charge in [-0.15, -0.1) is 0 Å². The second-order valence-corrected chi connectivity index (χ2v) is 12.1. The maximum atomic E-state index is 12.4. The molecule has 0 aromatic carbocycles. The van der Waals surface area contributed by atoms with Gasteiger partial charge in [-0.25, -0.2) is 0 Å². The van der Waals surface area contributed by atoms with Gasteiger partial charge in [0.25, 0.3) is 11.8 Å². The van der Waals surface area contributed by atoms with E-state index in [1.165, 1.54) is 18.6 Å². The van der Waals surface area contributed by atoms with Crippen molar-refractivity contribution in [2.24, 2.45) is 17.6 Å². The first-order valence-corrected chi connectivity index (χ1v) is 16.8. The molecule has 2 aromatic rings. The van der Waals surface area contributed by atoms with Crippen LogP contribution in [-0.2, 0) is 19.2 Å². The molecule has 2 saturated carbocycles. The third-order valence-electron chi connectivity index (χ3n) is 8.46. The molecule has 2 heterocycles. The van der Waals surface area contributed by atoms with Gasteiger partial charge >= 0.3 is 0 Å². The number of aromatic nitrogens is 2. The van der Waals surface area contributed by atoms with Gasteiger partial charge in [0.2, 0.25) is 11.8 Å². The number of hydrogen-bond acceptors (Lipinski definition) is 11. The quantitative estimate of drug-likeness (QED) is 0.174. The van der Waals surface area contributed by atoms with E-state index in [2.05, 4.69) is 36.9 Å². The van der Waals surface area contributed by atoms with E-state index in [1.54, 1.807) is 6.07 Å². The van der Waals surface area contributed by atoms with Crippen molar-refractivity contribution in [1.29, 1.82) is 0 Å². The molecule has 2 amide bonds. The fourth-order valence-corrected chi connectivity index (χ4v) is 5.72. The molecule has 2 atom stereocenters. The zero-order chi connectivity index (χ0) is 33.0. The van der Waals surface area contributed by atoms with Gasteiger partial charge in [0.05, 0.1) is 12.1 Å². The molecule has 2 aliphatic rings. The summed E-state index contributed by atoms with van der Waals surface area (Å²) >= 11 is 0. The minimum Gasteiger partial charge on any atom is -0.467 e. The standard InChI is InChI=1S/C17H26N2O4.C16H25N3O4/c1-2-3-4-9-14(18-17(21)13-7-5-6-8-13)15(20)12-22-16-10-11-23-19-16;17-9-4-3-7-13(18-16(21)12-5-1-2-6-12)14(20)11-22-15-8-10-23-19-15/h10-11,13-14H,2-9,12H2,1H3,(H,18,21);8,10,12-13H,1-7,9,11,17H2,(H,18,21)/t14-;13-/m00/s1. The highest BCUT2D eigenvalue weighted by molar-refractivity contribution is 5.91. The van der Waals surface area contributed by atoms with Gasteiger partial charge in [-0.3, -0.25) is 19.2 Å². The number of ketones is 2. The predicted molar refractivity (Wildman–Crippen MR) is 169 cm³/mol. The molecular formula is C33H51N5O8. The van der Waals surface area contributed by atoms with Crippen LogP contribution in [0.2, 0.25) is 0 Å². The van der Waals surface area contributed by atoms with Crippen molar-refractivity contribution in [3.05, 3.63) is 24.7 Å². The molecule has 4 rings (SSSR count). The number of rotatable bonds is 20. The van der Waals surface area contributed by atoms with Gasteiger partial charge in [-0.2, -0.15) is 0 Å². The van der Waals surface area contributed by atoms with Crippen LogP contribution in [-0.4, -0.2) is 65.5 Å². The summed E-state index contributed by atoms with van der Waals surface area (Å²) in [6, 6.07) is 2.09. The van der Waals surface area contributed by atoms with Crippen LogP contribution in [0.25, 0.3) is 0 Å². The van der Waals surface area contributed by atoms with Gasteiger partial charge in [-0.05, 0) is 68.2 Å². The van der Waals surface area contributed by atoms with Gasteiger partial charge in [0.15, 0.2) is 24.8 Å². The van der Waals surface area contributed by atoms with Crippen molar-refractivity contribution in [3.63, 3.8) is 0 Å². The molecule has 2 aliphatic carbocycles. The van der Waals surface area contributed by atoms with Gasteiger partial charge in [0.1, 0.15) is 12.5 Å². The first kappa shape index (κ1) is 36.7. The van der Waals surface area contributed by atoms with E-state index in [-0.39, 0.29) is 60.2 Å². The van der Waals surface area contributed by atoms with E-state index in [9.17, 15) is 19.2 Å². The molecule has 46 heavy (non-hydrogen) atoms. The SMILES string of the molecule is CCCCC[C@H](NC(=O)C1CCCC1)C(=O)COc1ccon1.NCCCC[C@H](NC(=O)C1CCCC1)C(=O)COc1ccon1. The lowest BCUT2D eigenvalue weighted by Crippen LogP contribution is -2.45. The Kier molecular flexibility index (Phi) is 16.9. The minimum absolute atomic E-state index is 0.0128. The number of nitrogens with two attached hydrogens (primary N) is 1. The summed E-state index contributed by atoms with van der Waals surface area (Å²) in [4.78, 5) is 49.3. The van der Waals surface area contributed by atoms with E-state index >= 15 is 0 Å². The molecule has 0 radical (unpaired) electrons. The third kappa shape index (κ3) is 13.3. The summed E-state index contributed by atoms with van der Waals surface area (Å²) in [5.74, 6) is 0.374. The number of unbranched alkanes of at least 4 members (excludes halogenated alkanes) is 3. The Morgan fingerprint density at radius 2 is 1.20 bits per heavy atom. The second kappa shape index (κ2) is 21.1. The second-order valence-electron chi connectivity index (χ2n) is 12.1. The Balaban J connectivity index is 0.000000250. The number of Topliss-reactive ketones (excluding diaryl/α,β-unsaturated/α-hetero) is 2. The monoisotopic (exact) mass is 645 g/mol. The summed E-state index contributed by atoms with van der Waals surface area (Å²) < 4.78 is 19.9. The Hall–Kier alpha value is -3.74. The number of nitrogens with zero attached hydrogens (tertiary/aromatic N) is 2. The zero-order valence-corrected chi connectivity index (χ0v) is 27.1. The molecule has 2 fully saturated rings. The minimum atomic E-state index is -0.526. The lowest BCUT2D eigenvalue weighted by Gasteiger charge is -2.19. The zero-order valence-electron chi connectivity index (χ0n) is 27.1. The Bertz CT molecular complexity index is 1050. The fraction of sp³-hybridized carbons (Fsp3) is 0.697.